The number of nitrogens with zero attached hydrogens (tertiary/aromatic N) is 1. The highest BCUT2D eigenvalue weighted by Gasteiger charge is 2.34. The van der Waals surface area contributed by atoms with Crippen molar-refractivity contribution in [2.45, 2.75) is 45.3 Å². The van der Waals surface area contributed by atoms with Crippen LogP contribution in [0.25, 0.3) is 0 Å². The van der Waals surface area contributed by atoms with Crippen LogP contribution in [0.2, 0.25) is 0 Å². The van der Waals surface area contributed by atoms with Crippen LogP contribution >= 0.6 is 0 Å². The van der Waals surface area contributed by atoms with E-state index in [4.69, 9.17) is 10.00 Å². The minimum Gasteiger partial charge on any atom is -0.495 e. The molecule has 2 rings (SSSR count). The monoisotopic (exact) mass is 288 g/mol. The first-order valence-electron chi connectivity index (χ1n) is 7.55. The van der Waals surface area contributed by atoms with Crippen molar-refractivity contribution in [1.82, 2.24) is 5.32 Å². The number of hydrogen-bond acceptors (Lipinski definition) is 4. The van der Waals surface area contributed by atoms with E-state index in [1.54, 1.807) is 7.11 Å². The maximum absolute atomic E-state index is 10.2. The van der Waals surface area contributed by atoms with E-state index in [1.807, 2.05) is 18.2 Å². The van der Waals surface area contributed by atoms with Crippen molar-refractivity contribution in [3.8, 4) is 11.8 Å². The third kappa shape index (κ3) is 3.75. The third-order valence-corrected chi connectivity index (χ3v) is 4.52. The van der Waals surface area contributed by atoms with Crippen molar-refractivity contribution in [3.63, 3.8) is 0 Å². The number of aliphatic hydroxyl groups excluding tert-OH is 1. The highest BCUT2D eigenvalue weighted by atomic mass is 16.5. The van der Waals surface area contributed by atoms with Crippen LogP contribution in [-0.4, -0.2) is 24.9 Å². The Balaban J connectivity index is 1.93. The molecular weight excluding hydrogens is 264 g/mol. The molecule has 1 aliphatic carbocycles. The van der Waals surface area contributed by atoms with E-state index >= 15 is 0 Å². The highest BCUT2D eigenvalue weighted by Crippen LogP contribution is 2.35. The second kappa shape index (κ2) is 6.93. The molecule has 1 saturated carbocycles. The summed E-state index contributed by atoms with van der Waals surface area (Å²) in [6.07, 6.45) is 4.06. The first-order chi connectivity index (χ1) is 10.1. The van der Waals surface area contributed by atoms with E-state index in [0.29, 0.717) is 17.9 Å². The topological polar surface area (TPSA) is 65.3 Å². The van der Waals surface area contributed by atoms with Crippen molar-refractivity contribution in [1.29, 1.82) is 5.26 Å². The van der Waals surface area contributed by atoms with Crippen LogP contribution in [-0.2, 0) is 6.54 Å². The number of nitrogens with one attached hydrogen (secondary N) is 1. The molecule has 0 radical (unpaired) electrons. The quantitative estimate of drug-likeness (QED) is 0.874. The molecule has 0 aromatic heterocycles. The summed E-state index contributed by atoms with van der Waals surface area (Å²) >= 11 is 0. The number of rotatable bonds is 5. The second-order valence-electron chi connectivity index (χ2n) is 6.17. The molecule has 1 aliphatic rings. The molecule has 2 unspecified atom stereocenters. The van der Waals surface area contributed by atoms with Gasteiger partial charge in [0, 0.05) is 18.5 Å². The number of benzene rings is 1. The zero-order chi connectivity index (χ0) is 15.3. The molecule has 1 aromatic carbocycles. The second-order valence-corrected chi connectivity index (χ2v) is 6.17. The summed E-state index contributed by atoms with van der Waals surface area (Å²) in [5.41, 5.74) is 1.57. The highest BCUT2D eigenvalue weighted by molar-refractivity contribution is 5.45. The Labute approximate surface area is 126 Å². The van der Waals surface area contributed by atoms with Crippen molar-refractivity contribution in [3.05, 3.63) is 29.3 Å². The molecule has 21 heavy (non-hydrogen) atoms. The van der Waals surface area contributed by atoms with Crippen molar-refractivity contribution < 1.29 is 9.84 Å². The maximum Gasteiger partial charge on any atom is 0.136 e. The average molecular weight is 288 g/mol. The summed E-state index contributed by atoms with van der Waals surface area (Å²) in [6.45, 7) is 3.64. The lowest BCUT2D eigenvalue weighted by molar-refractivity contribution is 0.00115. The maximum atomic E-state index is 10.2. The Bertz CT molecular complexity index is 524. The number of aliphatic hydroxyl groups is 1. The van der Waals surface area contributed by atoms with Gasteiger partial charge in [-0.2, -0.15) is 5.26 Å². The van der Waals surface area contributed by atoms with Gasteiger partial charge >= 0.3 is 0 Å². The molecule has 4 heteroatoms. The van der Waals surface area contributed by atoms with Gasteiger partial charge in [-0.05, 0) is 30.5 Å². The zero-order valence-corrected chi connectivity index (χ0v) is 12.9. The summed E-state index contributed by atoms with van der Waals surface area (Å²) < 4.78 is 5.14. The molecular formula is C17H24N2O2. The molecule has 114 valence electrons. The van der Waals surface area contributed by atoms with Gasteiger partial charge in [-0.15, -0.1) is 0 Å². The predicted octanol–water partition coefficient (Wildman–Crippen LogP) is 2.60. The van der Waals surface area contributed by atoms with Crippen molar-refractivity contribution in [2.75, 3.05) is 13.7 Å². The number of ether oxygens (including phenoxy) is 1. The molecule has 0 heterocycles. The van der Waals surface area contributed by atoms with Crippen LogP contribution in [0.5, 0.6) is 5.75 Å². The summed E-state index contributed by atoms with van der Waals surface area (Å²) in [6, 6.07) is 7.79. The van der Waals surface area contributed by atoms with E-state index in [1.165, 1.54) is 6.42 Å². The van der Waals surface area contributed by atoms with E-state index < -0.39 is 0 Å². The van der Waals surface area contributed by atoms with Gasteiger partial charge < -0.3 is 15.2 Å². The number of hydrogen-bond donors (Lipinski definition) is 2. The lowest BCUT2D eigenvalue weighted by Crippen LogP contribution is -2.43. The summed E-state index contributed by atoms with van der Waals surface area (Å²) in [4.78, 5) is 0. The first-order valence-corrected chi connectivity index (χ1v) is 7.55. The standard InChI is InChI=1S/C17H24N2O2/c1-17(8-4-3-5-16(17)20)12-19-11-13-6-7-15(21-2)14(9-13)10-18/h6-7,9,16,19-20H,3-5,8,11-12H2,1-2H3. The van der Waals surface area contributed by atoms with E-state index in [-0.39, 0.29) is 11.5 Å². The Kier molecular flexibility index (Phi) is 5.22. The Morgan fingerprint density at radius 1 is 1.48 bits per heavy atom. The molecule has 2 N–H and O–H groups in total. The number of nitriles is 1. The number of methoxy groups -OCH3 is 1. The summed E-state index contributed by atoms with van der Waals surface area (Å²) in [5.74, 6) is 0.607. The summed E-state index contributed by atoms with van der Waals surface area (Å²) in [5, 5.41) is 22.7. The van der Waals surface area contributed by atoms with Gasteiger partial charge in [0.25, 0.3) is 0 Å². The van der Waals surface area contributed by atoms with E-state index in [9.17, 15) is 5.11 Å². The van der Waals surface area contributed by atoms with Gasteiger partial charge in [-0.25, -0.2) is 0 Å². The van der Waals surface area contributed by atoms with Crippen molar-refractivity contribution >= 4 is 0 Å². The Hall–Kier alpha value is -1.57. The zero-order valence-electron chi connectivity index (χ0n) is 12.9. The van der Waals surface area contributed by atoms with Crippen LogP contribution < -0.4 is 10.1 Å². The van der Waals surface area contributed by atoms with Gasteiger partial charge in [0.2, 0.25) is 0 Å². The fourth-order valence-electron chi connectivity index (χ4n) is 3.03. The SMILES string of the molecule is COc1ccc(CNCC2(C)CCCCC2O)cc1C#N. The van der Waals surface area contributed by atoms with Crippen LogP contribution in [0.3, 0.4) is 0 Å². The molecule has 2 atom stereocenters. The van der Waals surface area contributed by atoms with Crippen LogP contribution in [0, 0.1) is 16.7 Å². The summed E-state index contributed by atoms with van der Waals surface area (Å²) in [7, 11) is 1.57. The molecule has 0 bridgehead atoms. The smallest absolute Gasteiger partial charge is 0.136 e. The third-order valence-electron chi connectivity index (χ3n) is 4.52. The van der Waals surface area contributed by atoms with Gasteiger partial charge in [-0.3, -0.25) is 0 Å². The molecule has 0 aliphatic heterocycles. The van der Waals surface area contributed by atoms with E-state index in [2.05, 4.69) is 18.3 Å². The molecule has 0 spiro atoms. The largest absolute Gasteiger partial charge is 0.495 e. The minimum absolute atomic E-state index is 0.0389. The molecule has 1 fully saturated rings. The van der Waals surface area contributed by atoms with Crippen LogP contribution in [0.15, 0.2) is 18.2 Å². The van der Waals surface area contributed by atoms with Crippen LogP contribution in [0.4, 0.5) is 0 Å². The lowest BCUT2D eigenvalue weighted by atomic mass is 9.73. The van der Waals surface area contributed by atoms with E-state index in [0.717, 1.165) is 31.4 Å². The van der Waals surface area contributed by atoms with Gasteiger partial charge in [0.05, 0.1) is 18.8 Å². The fraction of sp³-hybridized carbons (Fsp3) is 0.588. The fourth-order valence-corrected chi connectivity index (χ4v) is 3.03. The molecule has 4 nitrogen and oxygen atoms in total. The first kappa shape index (κ1) is 15.8. The van der Waals surface area contributed by atoms with Gasteiger partial charge in [0.1, 0.15) is 11.8 Å². The Morgan fingerprint density at radius 3 is 2.95 bits per heavy atom. The lowest BCUT2D eigenvalue weighted by Gasteiger charge is -2.38. The normalized spacial score (nSPS) is 25.3. The van der Waals surface area contributed by atoms with Crippen molar-refractivity contribution in [2.24, 2.45) is 5.41 Å². The van der Waals surface area contributed by atoms with Crippen LogP contribution in [0.1, 0.15) is 43.7 Å². The minimum atomic E-state index is -0.218. The molecule has 1 aromatic rings. The van der Waals surface area contributed by atoms with Gasteiger partial charge in [-0.1, -0.05) is 25.8 Å². The Morgan fingerprint density at radius 2 is 2.29 bits per heavy atom. The predicted molar refractivity (Wildman–Crippen MR) is 82.0 cm³/mol. The average Bonchev–Trinajstić information content (AvgIpc) is 2.50. The molecule has 0 amide bonds. The van der Waals surface area contributed by atoms with Gasteiger partial charge in [0.15, 0.2) is 0 Å². The molecule has 0 saturated heterocycles.